The van der Waals surface area contributed by atoms with Gasteiger partial charge in [0.2, 0.25) is 0 Å². The Morgan fingerprint density at radius 2 is 2.00 bits per heavy atom. The summed E-state index contributed by atoms with van der Waals surface area (Å²) in [5.41, 5.74) is 7.37. The number of fused-ring (bicyclic) bond motifs is 2. The van der Waals surface area contributed by atoms with Gasteiger partial charge < -0.3 is 15.9 Å². The van der Waals surface area contributed by atoms with Crippen LogP contribution in [0.1, 0.15) is 48.5 Å². The third kappa shape index (κ3) is 2.09. The highest BCUT2D eigenvalue weighted by Gasteiger charge is 2.50. The van der Waals surface area contributed by atoms with E-state index in [2.05, 4.69) is 16.0 Å². The molecular weight excluding hydrogens is 336 g/mol. The molecule has 2 aromatic heterocycles. The summed E-state index contributed by atoms with van der Waals surface area (Å²) in [5, 5.41) is 11.9. The zero-order valence-corrected chi connectivity index (χ0v) is 15.4. The summed E-state index contributed by atoms with van der Waals surface area (Å²) < 4.78 is 0. The van der Waals surface area contributed by atoms with Gasteiger partial charge in [-0.25, -0.2) is 4.98 Å². The highest BCUT2D eigenvalue weighted by atomic mass is 32.1. The number of thiophene rings is 1. The fourth-order valence-electron chi connectivity index (χ4n) is 3.67. The summed E-state index contributed by atoms with van der Waals surface area (Å²) in [5.74, 6) is 0.217. The van der Waals surface area contributed by atoms with Crippen molar-refractivity contribution in [3.8, 4) is 10.7 Å². The van der Waals surface area contributed by atoms with Crippen molar-refractivity contribution in [3.05, 3.63) is 40.3 Å². The molecule has 25 heavy (non-hydrogen) atoms. The third-order valence-corrected chi connectivity index (χ3v) is 6.47. The number of rotatable bonds is 2. The number of nitrogens with two attached hydrogens (primary N) is 1. The number of aromatic amines is 1. The van der Waals surface area contributed by atoms with Crippen molar-refractivity contribution in [1.29, 1.82) is 0 Å². The van der Waals surface area contributed by atoms with Crippen LogP contribution in [-0.4, -0.2) is 26.1 Å². The van der Waals surface area contributed by atoms with Crippen LogP contribution in [0.15, 0.2) is 24.3 Å². The molecule has 0 saturated carbocycles. The molecule has 1 aliphatic rings. The Kier molecular flexibility index (Phi) is 3.19. The van der Waals surface area contributed by atoms with Crippen molar-refractivity contribution in [2.75, 3.05) is 0 Å². The van der Waals surface area contributed by atoms with E-state index in [0.717, 1.165) is 20.8 Å². The minimum Gasteiger partial charge on any atom is -0.366 e. The van der Waals surface area contributed by atoms with E-state index in [0.29, 0.717) is 16.9 Å². The Hall–Kier alpha value is -2.22. The molecule has 1 amide bonds. The number of nitrogens with zero attached hydrogens (tertiary/aromatic N) is 2. The van der Waals surface area contributed by atoms with Crippen LogP contribution in [0.3, 0.4) is 0 Å². The Bertz CT molecular complexity index is 982. The number of hydroxylamine groups is 2. The number of para-hydroxylation sites is 1. The maximum atomic E-state index is 11.6. The summed E-state index contributed by atoms with van der Waals surface area (Å²) in [6.45, 7) is 8.01. The average Bonchev–Trinajstić information content (AvgIpc) is 3.19. The molecule has 0 aliphatic carbocycles. The maximum absolute atomic E-state index is 11.6. The molecule has 4 rings (SSSR count). The predicted molar refractivity (Wildman–Crippen MR) is 97.6 cm³/mol. The van der Waals surface area contributed by atoms with Crippen LogP contribution in [0.2, 0.25) is 0 Å². The molecule has 0 atom stereocenters. The monoisotopic (exact) mass is 356 g/mol. The molecule has 0 saturated heterocycles. The van der Waals surface area contributed by atoms with E-state index in [4.69, 9.17) is 5.73 Å². The van der Waals surface area contributed by atoms with E-state index in [1.165, 1.54) is 5.06 Å². The number of imidazole rings is 1. The number of hydrogen-bond donors (Lipinski definition) is 3. The average molecular weight is 356 g/mol. The molecule has 1 aliphatic heterocycles. The van der Waals surface area contributed by atoms with E-state index >= 15 is 0 Å². The second-order valence-electron chi connectivity index (χ2n) is 7.43. The number of aromatic nitrogens is 2. The Morgan fingerprint density at radius 3 is 2.64 bits per heavy atom. The van der Waals surface area contributed by atoms with Gasteiger partial charge in [-0.15, -0.1) is 11.3 Å². The second-order valence-corrected chi connectivity index (χ2v) is 8.49. The van der Waals surface area contributed by atoms with Crippen LogP contribution in [-0.2, 0) is 11.1 Å². The fourth-order valence-corrected chi connectivity index (χ4v) is 5.02. The number of carbonyl (C=O) groups excluding carboxylic acids is 1. The van der Waals surface area contributed by atoms with Crippen LogP contribution in [0.5, 0.6) is 0 Å². The molecule has 6 nitrogen and oxygen atoms in total. The van der Waals surface area contributed by atoms with Crippen molar-refractivity contribution in [3.63, 3.8) is 0 Å². The van der Waals surface area contributed by atoms with Gasteiger partial charge in [0.05, 0.1) is 27.0 Å². The topological polar surface area (TPSA) is 95.2 Å². The minimum atomic E-state index is -0.490. The summed E-state index contributed by atoms with van der Waals surface area (Å²) in [4.78, 5) is 21.6. The van der Waals surface area contributed by atoms with Gasteiger partial charge in [0.1, 0.15) is 11.3 Å². The molecule has 0 unspecified atom stereocenters. The van der Waals surface area contributed by atoms with E-state index in [1.807, 2.05) is 33.8 Å². The molecule has 0 fully saturated rings. The smallest absolute Gasteiger partial charge is 0.250 e. The molecule has 130 valence electrons. The first-order chi connectivity index (χ1) is 11.6. The summed E-state index contributed by atoms with van der Waals surface area (Å²) in [6.07, 6.45) is 0. The molecular formula is C18H20N4O2S. The zero-order chi connectivity index (χ0) is 18.1. The van der Waals surface area contributed by atoms with Crippen molar-refractivity contribution < 1.29 is 10.0 Å². The largest absolute Gasteiger partial charge is 0.366 e. The zero-order valence-electron chi connectivity index (χ0n) is 14.5. The fraction of sp³-hybridized carbons (Fsp3) is 0.333. The van der Waals surface area contributed by atoms with Crippen molar-refractivity contribution in [2.45, 2.75) is 38.8 Å². The molecule has 3 aromatic rings. The standard InChI is InChI=1S/C18H20N4O2S/c1-17(2)10-8-12(25-14(10)18(3,4)22(17)24)16-20-11-7-5-6-9(15(19)23)13(11)21-16/h5-8,24H,1-4H3,(H2,19,23)(H,20,21). The van der Waals surface area contributed by atoms with Crippen molar-refractivity contribution in [2.24, 2.45) is 5.73 Å². The molecule has 0 bridgehead atoms. The van der Waals surface area contributed by atoms with Gasteiger partial charge in [-0.2, -0.15) is 5.06 Å². The predicted octanol–water partition coefficient (Wildman–Crippen LogP) is 3.57. The third-order valence-electron chi connectivity index (χ3n) is 5.02. The lowest BCUT2D eigenvalue weighted by Gasteiger charge is -2.35. The molecule has 4 N–H and O–H groups in total. The Morgan fingerprint density at radius 1 is 1.28 bits per heavy atom. The number of hydrogen-bond acceptors (Lipinski definition) is 5. The summed E-state index contributed by atoms with van der Waals surface area (Å²) in [7, 11) is 0. The summed E-state index contributed by atoms with van der Waals surface area (Å²) >= 11 is 1.61. The molecule has 0 radical (unpaired) electrons. The van der Waals surface area contributed by atoms with Gasteiger partial charge in [0.15, 0.2) is 0 Å². The highest BCUT2D eigenvalue weighted by Crippen LogP contribution is 2.53. The second kappa shape index (κ2) is 4.91. The van der Waals surface area contributed by atoms with E-state index < -0.39 is 17.0 Å². The Labute approximate surface area is 149 Å². The van der Waals surface area contributed by atoms with E-state index in [9.17, 15) is 10.0 Å². The number of amides is 1. The summed E-state index contributed by atoms with van der Waals surface area (Å²) in [6, 6.07) is 7.41. The lowest BCUT2D eigenvalue weighted by atomic mass is 9.98. The number of primary amides is 1. The molecule has 0 spiro atoms. The van der Waals surface area contributed by atoms with Crippen molar-refractivity contribution in [1.82, 2.24) is 15.0 Å². The van der Waals surface area contributed by atoms with Crippen molar-refractivity contribution >= 4 is 28.3 Å². The van der Waals surface area contributed by atoms with Gasteiger partial charge >= 0.3 is 0 Å². The van der Waals surface area contributed by atoms with E-state index in [-0.39, 0.29) is 0 Å². The number of benzene rings is 1. The highest BCUT2D eigenvalue weighted by molar-refractivity contribution is 7.15. The SMILES string of the molecule is CC1(C)c2cc(-c3nc4c(C(N)=O)cccc4[nH]3)sc2C(C)(C)N1O. The normalized spacial score (nSPS) is 18.6. The van der Waals surface area contributed by atoms with Crippen LogP contribution in [0.25, 0.3) is 21.7 Å². The lowest BCUT2D eigenvalue weighted by molar-refractivity contribution is -0.215. The Balaban J connectivity index is 1.89. The van der Waals surface area contributed by atoms with Crippen LogP contribution in [0, 0.1) is 0 Å². The molecule has 7 heteroatoms. The first kappa shape index (κ1) is 16.3. The van der Waals surface area contributed by atoms with Gasteiger partial charge in [0.25, 0.3) is 5.91 Å². The van der Waals surface area contributed by atoms with Gasteiger partial charge in [-0.1, -0.05) is 6.07 Å². The maximum Gasteiger partial charge on any atom is 0.250 e. The van der Waals surface area contributed by atoms with Crippen LogP contribution < -0.4 is 5.73 Å². The van der Waals surface area contributed by atoms with Gasteiger partial charge in [0, 0.05) is 4.88 Å². The van der Waals surface area contributed by atoms with Gasteiger partial charge in [-0.3, -0.25) is 4.79 Å². The first-order valence-corrected chi connectivity index (χ1v) is 8.88. The number of H-pyrrole nitrogens is 1. The number of carbonyl (C=O) groups is 1. The van der Waals surface area contributed by atoms with Crippen LogP contribution in [0.4, 0.5) is 0 Å². The lowest BCUT2D eigenvalue weighted by Crippen LogP contribution is -2.42. The number of nitrogens with one attached hydrogen (secondary N) is 1. The quantitative estimate of drug-likeness (QED) is 0.654. The van der Waals surface area contributed by atoms with Gasteiger partial charge in [-0.05, 0) is 51.5 Å². The van der Waals surface area contributed by atoms with Crippen LogP contribution >= 0.6 is 11.3 Å². The first-order valence-electron chi connectivity index (χ1n) is 8.07. The molecule has 3 heterocycles. The molecule has 1 aromatic carbocycles. The minimum absolute atomic E-state index is 0.409. The van der Waals surface area contributed by atoms with E-state index in [1.54, 1.807) is 23.5 Å².